The number of rotatable bonds is 4. The smallest absolute Gasteiger partial charge is 0.133 e. The van der Waals surface area contributed by atoms with Gasteiger partial charge in [-0.3, -0.25) is 5.10 Å². The number of aromatic nitrogens is 2. The first-order chi connectivity index (χ1) is 9.15. The molecule has 19 heavy (non-hydrogen) atoms. The van der Waals surface area contributed by atoms with E-state index in [2.05, 4.69) is 15.5 Å². The van der Waals surface area contributed by atoms with Gasteiger partial charge in [-0.25, -0.2) is 8.78 Å². The molecule has 0 atom stereocenters. The number of H-pyrrole nitrogens is 1. The lowest BCUT2D eigenvalue weighted by Gasteiger charge is -2.07. The summed E-state index contributed by atoms with van der Waals surface area (Å²) < 4.78 is 27.5. The molecule has 3 nitrogen and oxygen atoms in total. The Bertz CT molecular complexity index is 603. The standard InChI is InChI=1S/C14H15F2N3/c1-8-4-13(16)11(5-12(8)15)14-9(7-18-19-14)6-17-10-2-3-10/h4-5,7,10,17H,2-3,6H2,1H3,(H,18,19). The van der Waals surface area contributed by atoms with Crippen LogP contribution in [0.2, 0.25) is 0 Å². The highest BCUT2D eigenvalue weighted by Crippen LogP contribution is 2.27. The molecule has 0 aliphatic heterocycles. The van der Waals surface area contributed by atoms with Gasteiger partial charge in [-0.2, -0.15) is 5.10 Å². The van der Waals surface area contributed by atoms with Gasteiger partial charge in [-0.05, 0) is 37.5 Å². The highest BCUT2D eigenvalue weighted by Gasteiger charge is 2.21. The van der Waals surface area contributed by atoms with Gasteiger partial charge >= 0.3 is 0 Å². The van der Waals surface area contributed by atoms with Gasteiger partial charge in [-0.1, -0.05) is 0 Å². The van der Waals surface area contributed by atoms with Crippen LogP contribution in [0.15, 0.2) is 18.3 Å². The van der Waals surface area contributed by atoms with Crippen LogP contribution in [0, 0.1) is 18.6 Å². The molecular formula is C14H15F2N3. The quantitative estimate of drug-likeness (QED) is 0.890. The van der Waals surface area contributed by atoms with E-state index in [1.807, 2.05) is 0 Å². The van der Waals surface area contributed by atoms with Gasteiger partial charge in [0.2, 0.25) is 0 Å². The maximum atomic E-state index is 14.0. The SMILES string of the molecule is Cc1cc(F)c(-c2[nH]ncc2CNC2CC2)cc1F. The Morgan fingerprint density at radius 3 is 2.84 bits per heavy atom. The summed E-state index contributed by atoms with van der Waals surface area (Å²) in [5.74, 6) is -0.845. The van der Waals surface area contributed by atoms with Gasteiger partial charge < -0.3 is 5.32 Å². The minimum absolute atomic E-state index is 0.230. The van der Waals surface area contributed by atoms with Crippen LogP contribution in [0.25, 0.3) is 11.3 Å². The van der Waals surface area contributed by atoms with Crippen molar-refractivity contribution < 1.29 is 8.78 Å². The zero-order valence-corrected chi connectivity index (χ0v) is 10.6. The Kier molecular flexibility index (Phi) is 3.06. The normalized spacial score (nSPS) is 14.9. The third-order valence-corrected chi connectivity index (χ3v) is 3.39. The van der Waals surface area contributed by atoms with Gasteiger partial charge in [0, 0.05) is 23.7 Å². The molecule has 1 aromatic carbocycles. The predicted octanol–water partition coefficient (Wildman–Crippen LogP) is 2.92. The summed E-state index contributed by atoms with van der Waals surface area (Å²) in [6, 6.07) is 2.99. The molecule has 0 bridgehead atoms. The Morgan fingerprint density at radius 2 is 2.11 bits per heavy atom. The van der Waals surface area contributed by atoms with E-state index >= 15 is 0 Å². The summed E-state index contributed by atoms with van der Waals surface area (Å²) in [6.45, 7) is 2.16. The van der Waals surface area contributed by atoms with Crippen molar-refractivity contribution in [2.75, 3.05) is 0 Å². The van der Waals surface area contributed by atoms with Crippen LogP contribution < -0.4 is 5.32 Å². The zero-order chi connectivity index (χ0) is 13.4. The molecule has 1 saturated carbocycles. The second-order valence-electron chi connectivity index (χ2n) is 5.01. The molecule has 2 N–H and O–H groups in total. The Morgan fingerprint density at radius 1 is 1.32 bits per heavy atom. The third-order valence-electron chi connectivity index (χ3n) is 3.39. The number of aromatic amines is 1. The van der Waals surface area contributed by atoms with Crippen molar-refractivity contribution in [1.82, 2.24) is 15.5 Å². The average Bonchev–Trinajstić information content (AvgIpc) is 3.09. The molecule has 1 aromatic heterocycles. The molecule has 3 rings (SSSR count). The first kappa shape index (κ1) is 12.3. The van der Waals surface area contributed by atoms with Crippen molar-refractivity contribution in [3.8, 4) is 11.3 Å². The predicted molar refractivity (Wildman–Crippen MR) is 68.5 cm³/mol. The van der Waals surface area contributed by atoms with Crippen LogP contribution in [0.4, 0.5) is 8.78 Å². The Labute approximate surface area is 110 Å². The lowest BCUT2D eigenvalue weighted by molar-refractivity contribution is 0.594. The van der Waals surface area contributed by atoms with Crippen LogP contribution in [0.1, 0.15) is 24.0 Å². The number of nitrogens with one attached hydrogen (secondary N) is 2. The number of benzene rings is 1. The number of nitrogens with zero attached hydrogens (tertiary/aromatic N) is 1. The number of halogens is 2. The first-order valence-electron chi connectivity index (χ1n) is 6.37. The largest absolute Gasteiger partial charge is 0.310 e. The number of hydrogen-bond donors (Lipinski definition) is 2. The molecule has 1 heterocycles. The molecule has 0 spiro atoms. The topological polar surface area (TPSA) is 40.7 Å². The van der Waals surface area contributed by atoms with Crippen molar-refractivity contribution in [3.63, 3.8) is 0 Å². The molecule has 0 amide bonds. The molecule has 5 heteroatoms. The van der Waals surface area contributed by atoms with E-state index in [1.54, 1.807) is 13.1 Å². The fourth-order valence-corrected chi connectivity index (χ4v) is 2.06. The van der Waals surface area contributed by atoms with Crippen molar-refractivity contribution in [1.29, 1.82) is 0 Å². The number of hydrogen-bond acceptors (Lipinski definition) is 2. The molecule has 2 aromatic rings. The van der Waals surface area contributed by atoms with E-state index in [1.165, 1.54) is 25.0 Å². The Hall–Kier alpha value is -1.75. The average molecular weight is 263 g/mol. The maximum Gasteiger partial charge on any atom is 0.133 e. The van der Waals surface area contributed by atoms with Crippen molar-refractivity contribution in [3.05, 3.63) is 41.1 Å². The molecule has 0 unspecified atom stereocenters. The molecule has 100 valence electrons. The van der Waals surface area contributed by atoms with Crippen molar-refractivity contribution in [2.24, 2.45) is 0 Å². The van der Waals surface area contributed by atoms with Crippen LogP contribution in [0.5, 0.6) is 0 Å². The van der Waals surface area contributed by atoms with Gasteiger partial charge in [0.15, 0.2) is 0 Å². The van der Waals surface area contributed by atoms with Crippen LogP contribution in [0.3, 0.4) is 0 Å². The minimum atomic E-state index is -0.434. The molecule has 1 aliphatic rings. The zero-order valence-electron chi connectivity index (χ0n) is 10.6. The summed E-state index contributed by atoms with van der Waals surface area (Å²) in [5, 5.41) is 10.0. The lowest BCUT2D eigenvalue weighted by atomic mass is 10.0. The highest BCUT2D eigenvalue weighted by molar-refractivity contribution is 5.64. The third kappa shape index (κ3) is 2.51. The van der Waals surface area contributed by atoms with Crippen LogP contribution >= 0.6 is 0 Å². The van der Waals surface area contributed by atoms with E-state index in [0.29, 0.717) is 23.8 Å². The molecule has 0 radical (unpaired) electrons. The summed E-state index contributed by atoms with van der Waals surface area (Å²) in [6.07, 6.45) is 4.02. The van der Waals surface area contributed by atoms with Gasteiger partial charge in [-0.15, -0.1) is 0 Å². The summed E-state index contributed by atoms with van der Waals surface area (Å²) in [5.41, 5.74) is 1.94. The second kappa shape index (κ2) is 4.74. The first-order valence-corrected chi connectivity index (χ1v) is 6.37. The van der Waals surface area contributed by atoms with Gasteiger partial charge in [0.1, 0.15) is 11.6 Å². The van der Waals surface area contributed by atoms with Gasteiger partial charge in [0.05, 0.1) is 11.9 Å². The summed E-state index contributed by atoms with van der Waals surface area (Å²) >= 11 is 0. The minimum Gasteiger partial charge on any atom is -0.310 e. The monoisotopic (exact) mass is 263 g/mol. The highest BCUT2D eigenvalue weighted by atomic mass is 19.1. The molecule has 1 fully saturated rings. The Balaban J connectivity index is 1.92. The van der Waals surface area contributed by atoms with Gasteiger partial charge in [0.25, 0.3) is 0 Å². The number of aryl methyl sites for hydroxylation is 1. The van der Waals surface area contributed by atoms with E-state index in [4.69, 9.17) is 0 Å². The molecule has 1 aliphatic carbocycles. The summed E-state index contributed by atoms with van der Waals surface area (Å²) in [7, 11) is 0. The molecular weight excluding hydrogens is 248 g/mol. The van der Waals surface area contributed by atoms with E-state index in [-0.39, 0.29) is 5.56 Å². The molecule has 0 saturated heterocycles. The lowest BCUT2D eigenvalue weighted by Crippen LogP contribution is -2.15. The van der Waals surface area contributed by atoms with Crippen LogP contribution in [-0.4, -0.2) is 16.2 Å². The van der Waals surface area contributed by atoms with Crippen molar-refractivity contribution >= 4 is 0 Å². The van der Waals surface area contributed by atoms with Crippen LogP contribution in [-0.2, 0) is 6.54 Å². The van der Waals surface area contributed by atoms with E-state index in [9.17, 15) is 8.78 Å². The van der Waals surface area contributed by atoms with E-state index < -0.39 is 11.6 Å². The van der Waals surface area contributed by atoms with E-state index in [0.717, 1.165) is 5.56 Å². The summed E-state index contributed by atoms with van der Waals surface area (Å²) in [4.78, 5) is 0. The fourth-order valence-electron chi connectivity index (χ4n) is 2.06. The maximum absolute atomic E-state index is 14.0. The second-order valence-corrected chi connectivity index (χ2v) is 5.01. The fraction of sp³-hybridized carbons (Fsp3) is 0.357. The van der Waals surface area contributed by atoms with Crippen molar-refractivity contribution in [2.45, 2.75) is 32.4 Å².